The third-order valence-electron chi connectivity index (χ3n) is 3.62. The highest BCUT2D eigenvalue weighted by atomic mass is 28.3. The van der Waals surface area contributed by atoms with E-state index in [1.165, 1.54) is 5.67 Å². The van der Waals surface area contributed by atoms with Crippen LogP contribution in [0.5, 0.6) is 0 Å². The zero-order valence-corrected chi connectivity index (χ0v) is 16.9. The summed E-state index contributed by atoms with van der Waals surface area (Å²) in [5.41, 5.74) is 1.45. The first kappa shape index (κ1) is 19.4. The molecule has 0 saturated heterocycles. The van der Waals surface area contributed by atoms with Crippen LogP contribution in [0.4, 0.5) is 0 Å². The van der Waals surface area contributed by atoms with Crippen molar-refractivity contribution in [1.82, 2.24) is 9.13 Å². The number of hydrogen-bond acceptors (Lipinski definition) is 2. The molecule has 0 atom stereocenters. The van der Waals surface area contributed by atoms with Crippen molar-refractivity contribution in [3.8, 4) is 0 Å². The van der Waals surface area contributed by atoms with Crippen LogP contribution < -0.4 is 0 Å². The molecule has 0 aromatic carbocycles. The molecule has 0 aliphatic rings. The summed E-state index contributed by atoms with van der Waals surface area (Å²) in [7, 11) is -0.800. The van der Waals surface area contributed by atoms with E-state index in [1.807, 2.05) is 0 Å². The smallest absolute Gasteiger partial charge is 0.131 e. The van der Waals surface area contributed by atoms with Crippen LogP contribution >= 0.6 is 0 Å². The van der Waals surface area contributed by atoms with E-state index in [0.29, 0.717) is 24.2 Å². The lowest BCUT2D eigenvalue weighted by Crippen LogP contribution is -2.53. The van der Waals surface area contributed by atoms with Crippen LogP contribution in [0, 0.1) is 0 Å². The minimum Gasteiger partial charge on any atom is -0.320 e. The van der Waals surface area contributed by atoms with Crippen molar-refractivity contribution in [1.29, 1.82) is 0 Å². The molecule has 2 radical (unpaired) electrons. The topological polar surface area (TPSA) is 6.48 Å². The number of nitrogens with zero attached hydrogens (tertiary/aromatic N) is 2. The Morgan fingerprint density at radius 1 is 0.579 bits per heavy atom. The summed E-state index contributed by atoms with van der Waals surface area (Å²) in [5, 5.41) is 0. The molecular weight excluding hydrogens is 264 g/mol. The van der Waals surface area contributed by atoms with Crippen LogP contribution in [0.25, 0.3) is 0 Å². The zero-order chi connectivity index (χ0) is 15.3. The lowest BCUT2D eigenvalue weighted by Gasteiger charge is -2.40. The van der Waals surface area contributed by atoms with Gasteiger partial charge in [0.1, 0.15) is 17.9 Å². The molecule has 0 unspecified atom stereocenters. The van der Waals surface area contributed by atoms with E-state index in [-0.39, 0.29) is 0 Å². The lowest BCUT2D eigenvalue weighted by molar-refractivity contribution is 0.296. The summed E-state index contributed by atoms with van der Waals surface area (Å²) in [6.45, 7) is 23.8. The van der Waals surface area contributed by atoms with E-state index in [1.54, 1.807) is 0 Å². The molecule has 0 aromatic rings. The summed E-state index contributed by atoms with van der Waals surface area (Å²) < 4.78 is 5.52. The number of hydrogen-bond donors (Lipinski definition) is 0. The largest absolute Gasteiger partial charge is 0.320 e. The maximum absolute atomic E-state index is 2.76. The van der Waals surface area contributed by atoms with Gasteiger partial charge < -0.3 is 9.13 Å². The molecule has 0 spiro atoms. The molecule has 0 saturated carbocycles. The second-order valence-electron chi connectivity index (χ2n) is 6.84. The lowest BCUT2D eigenvalue weighted by atomic mass is 10.3. The normalized spacial score (nSPS) is 13.6. The van der Waals surface area contributed by atoms with Gasteiger partial charge in [-0.15, -0.1) is 0 Å². The highest BCUT2D eigenvalue weighted by Crippen LogP contribution is 2.17. The van der Waals surface area contributed by atoms with Crippen molar-refractivity contribution in [2.75, 3.05) is 0 Å². The fraction of sp³-hybridized carbons (Fsp3) is 1.00. The Bertz CT molecular complexity index is 202. The monoisotopic (exact) mass is 300 g/mol. The molecule has 0 fully saturated rings. The maximum atomic E-state index is 2.76. The molecule has 114 valence electrons. The predicted octanol–water partition coefficient (Wildman–Crippen LogP) is 4.01. The van der Waals surface area contributed by atoms with Gasteiger partial charge in [0.15, 0.2) is 0 Å². The third kappa shape index (κ3) is 6.11. The van der Waals surface area contributed by atoms with Crippen molar-refractivity contribution in [3.05, 3.63) is 0 Å². The molecule has 0 aliphatic carbocycles. The molecule has 0 rings (SSSR count). The van der Waals surface area contributed by atoms with Gasteiger partial charge in [-0.1, -0.05) is 68.5 Å². The van der Waals surface area contributed by atoms with Crippen molar-refractivity contribution >= 4 is 17.9 Å². The minimum absolute atomic E-state index is 0.400. The highest BCUT2D eigenvalue weighted by Gasteiger charge is 2.29. The predicted molar refractivity (Wildman–Crippen MR) is 92.3 cm³/mol. The van der Waals surface area contributed by atoms with Crippen LogP contribution in [0.2, 0.25) is 18.8 Å². The Kier molecular flexibility index (Phi) is 8.76. The van der Waals surface area contributed by atoms with Gasteiger partial charge in [-0.05, 0) is 29.8 Å². The Hall–Kier alpha value is 0.354. The molecule has 19 heavy (non-hydrogen) atoms. The molecule has 0 amide bonds. The molecule has 0 N–H and O–H groups in total. The summed E-state index contributed by atoms with van der Waals surface area (Å²) >= 11 is 0. The fourth-order valence-corrected chi connectivity index (χ4v) is 11.5. The van der Waals surface area contributed by atoms with Gasteiger partial charge in [-0.2, -0.15) is 0 Å². The van der Waals surface area contributed by atoms with Crippen LogP contribution in [-0.2, 0) is 0 Å². The van der Waals surface area contributed by atoms with E-state index in [2.05, 4.69) is 77.6 Å². The van der Waals surface area contributed by atoms with Gasteiger partial charge in [-0.3, -0.25) is 0 Å². The Labute approximate surface area is 125 Å². The van der Waals surface area contributed by atoms with Crippen molar-refractivity contribution in [2.45, 2.75) is 98.3 Å². The minimum atomic E-state index is -0.400. The second-order valence-corrected chi connectivity index (χ2v) is 12.2. The second kappa shape index (κ2) is 8.60. The van der Waals surface area contributed by atoms with E-state index >= 15 is 0 Å². The first-order chi connectivity index (χ1) is 8.59. The first-order valence-corrected chi connectivity index (χ1v) is 12.1. The third-order valence-corrected chi connectivity index (χ3v) is 11.5. The summed E-state index contributed by atoms with van der Waals surface area (Å²) in [5.74, 6) is 0. The van der Waals surface area contributed by atoms with Crippen molar-refractivity contribution in [2.24, 2.45) is 0 Å². The average Bonchev–Trinajstić information content (AvgIpc) is 2.13. The Morgan fingerprint density at radius 2 is 0.789 bits per heavy atom. The van der Waals surface area contributed by atoms with Crippen LogP contribution in [0.15, 0.2) is 0 Å². The van der Waals surface area contributed by atoms with Crippen molar-refractivity contribution in [3.63, 3.8) is 0 Å². The summed E-state index contributed by atoms with van der Waals surface area (Å²) in [6, 6.07) is 2.72. The Balaban J connectivity index is 4.72. The molecule has 0 heterocycles. The SMILES string of the molecule is CC(C)N(C(C)C)[Si](C)C[Si](C)N(C(C)C)C(C)C. The van der Waals surface area contributed by atoms with Gasteiger partial charge in [0, 0.05) is 0 Å². The van der Waals surface area contributed by atoms with Gasteiger partial charge >= 0.3 is 0 Å². The van der Waals surface area contributed by atoms with Gasteiger partial charge in [0.05, 0.1) is 0 Å². The van der Waals surface area contributed by atoms with E-state index in [0.717, 1.165) is 0 Å². The number of rotatable bonds is 8. The quantitative estimate of drug-likeness (QED) is 0.625. The van der Waals surface area contributed by atoms with Crippen LogP contribution in [0.3, 0.4) is 0 Å². The summed E-state index contributed by atoms with van der Waals surface area (Å²) in [4.78, 5) is 0. The zero-order valence-electron chi connectivity index (χ0n) is 14.9. The molecule has 0 aromatic heterocycles. The van der Waals surface area contributed by atoms with E-state index < -0.39 is 17.9 Å². The van der Waals surface area contributed by atoms with Crippen LogP contribution in [0.1, 0.15) is 55.4 Å². The van der Waals surface area contributed by atoms with E-state index in [9.17, 15) is 0 Å². The van der Waals surface area contributed by atoms with Gasteiger partial charge in [0.2, 0.25) is 0 Å². The molecule has 0 aliphatic heterocycles. The van der Waals surface area contributed by atoms with Crippen molar-refractivity contribution < 1.29 is 0 Å². The summed E-state index contributed by atoms with van der Waals surface area (Å²) in [6.07, 6.45) is 0. The standard InChI is InChI=1S/C15H36N2Si2/c1-12(2)16(13(3)4)18(9)11-19(10)17(14(5)6)15(7)8/h12-15H,11H2,1-10H3. The van der Waals surface area contributed by atoms with Gasteiger partial charge in [0.25, 0.3) is 0 Å². The Morgan fingerprint density at radius 3 is 0.947 bits per heavy atom. The van der Waals surface area contributed by atoms with E-state index in [4.69, 9.17) is 0 Å². The fourth-order valence-electron chi connectivity index (χ4n) is 3.51. The molecular formula is C15H36N2Si2. The van der Waals surface area contributed by atoms with Crippen LogP contribution in [-0.4, -0.2) is 51.2 Å². The molecule has 0 bridgehead atoms. The highest BCUT2D eigenvalue weighted by molar-refractivity contribution is 6.73. The molecule has 4 heteroatoms. The molecule has 2 nitrogen and oxygen atoms in total. The maximum Gasteiger partial charge on any atom is 0.131 e. The average molecular weight is 301 g/mol. The van der Waals surface area contributed by atoms with Gasteiger partial charge in [-0.25, -0.2) is 0 Å². The first-order valence-electron chi connectivity index (χ1n) is 7.81.